The van der Waals surface area contributed by atoms with Crippen molar-refractivity contribution >= 4 is 17.2 Å². The van der Waals surface area contributed by atoms with E-state index in [-0.39, 0.29) is 18.5 Å². The second-order valence-corrected chi connectivity index (χ2v) is 5.38. The van der Waals surface area contributed by atoms with Gasteiger partial charge in [-0.05, 0) is 31.2 Å². The summed E-state index contributed by atoms with van der Waals surface area (Å²) in [5.41, 5.74) is 0.919. The molecule has 0 saturated heterocycles. The predicted molar refractivity (Wildman–Crippen MR) is 66.0 cm³/mol. The largest absolute Gasteiger partial charge is 0.346 e. The lowest BCUT2D eigenvalue weighted by atomic mass is 10.2. The third kappa shape index (κ3) is 2.89. The molecule has 0 aliphatic carbocycles. The molecule has 0 aliphatic rings. The number of amides is 1. The summed E-state index contributed by atoms with van der Waals surface area (Å²) in [6, 6.07) is -0.112. The van der Waals surface area contributed by atoms with Crippen molar-refractivity contribution in [2.24, 2.45) is 0 Å². The summed E-state index contributed by atoms with van der Waals surface area (Å²) in [5, 5.41) is 14.5. The van der Waals surface area contributed by atoms with E-state index >= 15 is 0 Å². The maximum atomic E-state index is 11.8. The first kappa shape index (κ1) is 12.6. The minimum atomic E-state index is -0.139. The van der Waals surface area contributed by atoms with Crippen LogP contribution in [0.15, 0.2) is 6.33 Å². The SMILES string of the molecule is Cc1nc([C@H](C)NC(=O)Cn2cnnn2)c(C)s1. The van der Waals surface area contributed by atoms with Crippen LogP contribution in [0.5, 0.6) is 0 Å². The zero-order chi connectivity index (χ0) is 13.1. The van der Waals surface area contributed by atoms with E-state index in [9.17, 15) is 4.79 Å². The molecule has 0 saturated carbocycles. The summed E-state index contributed by atoms with van der Waals surface area (Å²) in [6.45, 7) is 5.99. The summed E-state index contributed by atoms with van der Waals surface area (Å²) >= 11 is 1.63. The van der Waals surface area contributed by atoms with E-state index in [2.05, 4.69) is 25.8 Å². The second kappa shape index (κ2) is 5.21. The van der Waals surface area contributed by atoms with Gasteiger partial charge in [0.05, 0.1) is 16.7 Å². The summed E-state index contributed by atoms with van der Waals surface area (Å²) in [4.78, 5) is 17.3. The topological polar surface area (TPSA) is 85.6 Å². The lowest BCUT2D eigenvalue weighted by molar-refractivity contribution is -0.122. The van der Waals surface area contributed by atoms with Crippen molar-refractivity contribution in [2.45, 2.75) is 33.4 Å². The molecule has 0 radical (unpaired) electrons. The molecular weight excluding hydrogens is 252 g/mol. The van der Waals surface area contributed by atoms with Crippen LogP contribution in [0.4, 0.5) is 0 Å². The third-order valence-corrected chi connectivity index (χ3v) is 3.33. The van der Waals surface area contributed by atoms with Crippen LogP contribution in [0.25, 0.3) is 0 Å². The molecule has 0 fully saturated rings. The highest BCUT2D eigenvalue weighted by atomic mass is 32.1. The van der Waals surface area contributed by atoms with E-state index in [0.29, 0.717) is 0 Å². The molecule has 8 heteroatoms. The van der Waals surface area contributed by atoms with Crippen LogP contribution in [0, 0.1) is 13.8 Å². The van der Waals surface area contributed by atoms with Gasteiger partial charge in [-0.3, -0.25) is 4.79 Å². The van der Waals surface area contributed by atoms with Crippen molar-refractivity contribution in [3.63, 3.8) is 0 Å². The Balaban J connectivity index is 1.97. The Kier molecular flexibility index (Phi) is 3.66. The molecule has 2 aromatic heterocycles. The predicted octanol–water partition coefficient (Wildman–Crippen LogP) is 0.624. The van der Waals surface area contributed by atoms with Crippen LogP contribution in [0.2, 0.25) is 0 Å². The van der Waals surface area contributed by atoms with Crippen LogP contribution in [-0.2, 0) is 11.3 Å². The van der Waals surface area contributed by atoms with Crippen LogP contribution < -0.4 is 5.32 Å². The van der Waals surface area contributed by atoms with Gasteiger partial charge in [0, 0.05) is 4.88 Å². The fourth-order valence-electron chi connectivity index (χ4n) is 1.70. The minimum Gasteiger partial charge on any atom is -0.346 e. The monoisotopic (exact) mass is 266 g/mol. The van der Waals surface area contributed by atoms with E-state index in [4.69, 9.17) is 0 Å². The van der Waals surface area contributed by atoms with E-state index < -0.39 is 0 Å². The van der Waals surface area contributed by atoms with Crippen molar-refractivity contribution in [1.82, 2.24) is 30.5 Å². The fraction of sp³-hybridized carbons (Fsp3) is 0.500. The van der Waals surface area contributed by atoms with Gasteiger partial charge < -0.3 is 5.32 Å². The molecule has 18 heavy (non-hydrogen) atoms. The van der Waals surface area contributed by atoms with E-state index in [0.717, 1.165) is 15.6 Å². The van der Waals surface area contributed by atoms with Crippen molar-refractivity contribution < 1.29 is 4.79 Å². The standard InChI is InChI=1S/C10H14N6OS/c1-6(10-7(2)18-8(3)13-10)12-9(17)4-16-5-11-14-15-16/h5-6H,4H2,1-3H3,(H,12,17)/t6-/m0/s1. The Hall–Kier alpha value is -1.83. The van der Waals surface area contributed by atoms with Gasteiger partial charge in [0.1, 0.15) is 12.9 Å². The molecule has 2 rings (SSSR count). The number of thiazole rings is 1. The third-order valence-electron chi connectivity index (χ3n) is 2.42. The van der Waals surface area contributed by atoms with E-state index in [1.165, 1.54) is 11.0 Å². The molecule has 2 aromatic rings. The first-order chi connectivity index (χ1) is 8.56. The molecule has 7 nitrogen and oxygen atoms in total. The van der Waals surface area contributed by atoms with Crippen molar-refractivity contribution in [1.29, 1.82) is 0 Å². The highest BCUT2D eigenvalue weighted by Crippen LogP contribution is 2.22. The number of hydrogen-bond acceptors (Lipinski definition) is 6. The fourth-order valence-corrected chi connectivity index (χ4v) is 2.62. The zero-order valence-electron chi connectivity index (χ0n) is 10.4. The smallest absolute Gasteiger partial charge is 0.242 e. The number of hydrogen-bond donors (Lipinski definition) is 1. The number of carbonyl (C=O) groups excluding carboxylic acids is 1. The summed E-state index contributed by atoms with van der Waals surface area (Å²) in [7, 11) is 0. The minimum absolute atomic E-state index is 0.111. The Morgan fingerprint density at radius 2 is 2.33 bits per heavy atom. The first-order valence-corrected chi connectivity index (χ1v) is 6.32. The Morgan fingerprint density at radius 1 is 1.56 bits per heavy atom. The van der Waals surface area contributed by atoms with Gasteiger partial charge in [0.15, 0.2) is 0 Å². The van der Waals surface area contributed by atoms with Gasteiger partial charge in [0.2, 0.25) is 5.91 Å². The maximum absolute atomic E-state index is 11.8. The van der Waals surface area contributed by atoms with Crippen LogP contribution >= 0.6 is 11.3 Å². The van der Waals surface area contributed by atoms with Crippen LogP contribution in [0.3, 0.4) is 0 Å². The molecule has 0 aliphatic heterocycles. The van der Waals surface area contributed by atoms with Crippen molar-refractivity contribution in [2.75, 3.05) is 0 Å². The van der Waals surface area contributed by atoms with Gasteiger partial charge in [-0.25, -0.2) is 9.67 Å². The number of aromatic nitrogens is 5. The number of rotatable bonds is 4. The summed E-state index contributed by atoms with van der Waals surface area (Å²) in [5.74, 6) is -0.139. The zero-order valence-corrected chi connectivity index (χ0v) is 11.2. The summed E-state index contributed by atoms with van der Waals surface area (Å²) in [6.07, 6.45) is 1.41. The number of nitrogens with one attached hydrogen (secondary N) is 1. The Bertz CT molecular complexity index is 535. The normalized spacial score (nSPS) is 12.4. The Morgan fingerprint density at radius 3 is 2.89 bits per heavy atom. The van der Waals surface area contributed by atoms with Crippen molar-refractivity contribution in [3.8, 4) is 0 Å². The lowest BCUT2D eigenvalue weighted by Crippen LogP contribution is -2.30. The average molecular weight is 266 g/mol. The van der Waals surface area contributed by atoms with E-state index in [1.54, 1.807) is 11.3 Å². The molecule has 0 unspecified atom stereocenters. The lowest BCUT2D eigenvalue weighted by Gasteiger charge is -2.12. The van der Waals surface area contributed by atoms with Gasteiger partial charge in [-0.2, -0.15) is 0 Å². The van der Waals surface area contributed by atoms with Crippen LogP contribution in [-0.4, -0.2) is 31.1 Å². The molecule has 96 valence electrons. The molecule has 1 atom stereocenters. The highest BCUT2D eigenvalue weighted by Gasteiger charge is 2.15. The summed E-state index contributed by atoms with van der Waals surface area (Å²) < 4.78 is 1.38. The molecule has 1 amide bonds. The number of nitrogens with zero attached hydrogens (tertiary/aromatic N) is 5. The number of tetrazole rings is 1. The van der Waals surface area contributed by atoms with Crippen LogP contribution in [0.1, 0.15) is 28.5 Å². The molecular formula is C10H14N6OS. The Labute approximate surface area is 108 Å². The highest BCUT2D eigenvalue weighted by molar-refractivity contribution is 7.11. The number of aryl methyl sites for hydroxylation is 2. The molecule has 2 heterocycles. The van der Waals surface area contributed by atoms with Gasteiger partial charge in [0.25, 0.3) is 0 Å². The quantitative estimate of drug-likeness (QED) is 0.877. The molecule has 0 aromatic carbocycles. The van der Waals surface area contributed by atoms with Crippen molar-refractivity contribution in [3.05, 3.63) is 21.9 Å². The molecule has 0 bridgehead atoms. The first-order valence-electron chi connectivity index (χ1n) is 5.50. The number of carbonyl (C=O) groups is 1. The average Bonchev–Trinajstić information content (AvgIpc) is 2.88. The van der Waals surface area contributed by atoms with Gasteiger partial charge >= 0.3 is 0 Å². The maximum Gasteiger partial charge on any atom is 0.242 e. The van der Waals surface area contributed by atoms with Gasteiger partial charge in [-0.1, -0.05) is 0 Å². The van der Waals surface area contributed by atoms with E-state index in [1.807, 2.05) is 20.8 Å². The molecule has 0 spiro atoms. The molecule has 1 N–H and O–H groups in total. The second-order valence-electron chi connectivity index (χ2n) is 3.97. The van der Waals surface area contributed by atoms with Gasteiger partial charge in [-0.15, -0.1) is 16.4 Å².